The predicted octanol–water partition coefficient (Wildman–Crippen LogP) is 5.54. The molecule has 0 aromatic heterocycles. The highest BCUT2D eigenvalue weighted by Crippen LogP contribution is 2.23. The number of aryl methyl sites for hydroxylation is 1. The summed E-state index contributed by atoms with van der Waals surface area (Å²) in [4.78, 5) is 15.8. The van der Waals surface area contributed by atoms with Gasteiger partial charge in [0.05, 0.1) is 0 Å². The first-order valence-corrected chi connectivity index (χ1v) is 10.9. The molecule has 0 saturated carbocycles. The number of benzene rings is 3. The zero-order valence-electron chi connectivity index (χ0n) is 17.1. The summed E-state index contributed by atoms with van der Waals surface area (Å²) in [6, 6.07) is 26.8. The van der Waals surface area contributed by atoms with Crippen LogP contribution in [0.1, 0.15) is 27.9 Å². The number of nitrogens with zero attached hydrogens (tertiary/aromatic N) is 1. The lowest BCUT2D eigenvalue weighted by molar-refractivity contribution is 0.0953. The first kappa shape index (κ1) is 21.0. The number of carbonyl (C=O) groups excluding carboxylic acids is 1. The highest BCUT2D eigenvalue weighted by molar-refractivity contribution is 7.98. The number of hydrogen-bond acceptors (Lipinski definition) is 3. The molecule has 0 heterocycles. The summed E-state index contributed by atoms with van der Waals surface area (Å²) >= 11 is 1.81. The molecule has 0 aliphatic carbocycles. The molecular formula is C25H28N2OS. The van der Waals surface area contributed by atoms with Crippen LogP contribution in [0.2, 0.25) is 0 Å². The van der Waals surface area contributed by atoms with E-state index >= 15 is 0 Å². The summed E-state index contributed by atoms with van der Waals surface area (Å²) in [5.74, 6) is 0.890. The van der Waals surface area contributed by atoms with Crippen molar-refractivity contribution in [3.05, 3.63) is 95.6 Å². The smallest absolute Gasteiger partial charge is 0.251 e. The fourth-order valence-electron chi connectivity index (χ4n) is 2.99. The van der Waals surface area contributed by atoms with Crippen molar-refractivity contribution in [2.45, 2.75) is 24.0 Å². The summed E-state index contributed by atoms with van der Waals surface area (Å²) in [5.41, 5.74) is 4.40. The Hall–Kier alpha value is -2.72. The molecule has 150 valence electrons. The van der Waals surface area contributed by atoms with Crippen molar-refractivity contribution in [2.75, 3.05) is 25.0 Å². The van der Waals surface area contributed by atoms with Gasteiger partial charge in [-0.25, -0.2) is 0 Å². The minimum atomic E-state index is -0.00916. The van der Waals surface area contributed by atoms with Crippen LogP contribution in [0.4, 0.5) is 5.69 Å². The molecular weight excluding hydrogens is 376 g/mol. The van der Waals surface area contributed by atoms with Crippen LogP contribution in [0, 0.1) is 6.92 Å². The van der Waals surface area contributed by atoms with Crippen LogP contribution in [0.25, 0.3) is 0 Å². The Balaban J connectivity index is 1.40. The maximum absolute atomic E-state index is 12.4. The number of thioether (sulfide) groups is 1. The summed E-state index contributed by atoms with van der Waals surface area (Å²) < 4.78 is 0. The van der Waals surface area contributed by atoms with Crippen molar-refractivity contribution in [1.82, 2.24) is 5.32 Å². The third kappa shape index (κ3) is 6.68. The third-order valence-corrected chi connectivity index (χ3v) is 5.88. The van der Waals surface area contributed by atoms with E-state index in [0.717, 1.165) is 18.7 Å². The molecule has 3 nitrogen and oxygen atoms in total. The lowest BCUT2D eigenvalue weighted by Crippen LogP contribution is -2.28. The normalized spacial score (nSPS) is 10.6. The highest BCUT2D eigenvalue weighted by Gasteiger charge is 2.06. The molecule has 0 atom stereocenters. The number of anilines is 1. The van der Waals surface area contributed by atoms with E-state index in [9.17, 15) is 4.79 Å². The van der Waals surface area contributed by atoms with Crippen molar-refractivity contribution in [2.24, 2.45) is 0 Å². The van der Waals surface area contributed by atoms with Gasteiger partial charge in [-0.05, 0) is 55.3 Å². The fourth-order valence-corrected chi connectivity index (χ4v) is 3.84. The molecule has 4 heteroatoms. The Kier molecular flexibility index (Phi) is 7.77. The molecule has 0 aliphatic rings. The van der Waals surface area contributed by atoms with Gasteiger partial charge in [-0.15, -0.1) is 11.8 Å². The van der Waals surface area contributed by atoms with E-state index in [1.54, 1.807) is 0 Å². The SMILES string of the molecule is Cc1ccc(SCc2ccc(C(=O)NCCCN(C)c3ccccc3)cc2)cc1. The van der Waals surface area contributed by atoms with Crippen LogP contribution in [0.15, 0.2) is 83.8 Å². The Morgan fingerprint density at radius 2 is 1.62 bits per heavy atom. The molecule has 1 N–H and O–H groups in total. The molecule has 0 aliphatic heterocycles. The Morgan fingerprint density at radius 1 is 0.931 bits per heavy atom. The second-order valence-electron chi connectivity index (χ2n) is 7.17. The molecule has 1 amide bonds. The molecule has 3 aromatic carbocycles. The van der Waals surface area contributed by atoms with Gasteiger partial charge >= 0.3 is 0 Å². The van der Waals surface area contributed by atoms with Crippen molar-refractivity contribution in [3.8, 4) is 0 Å². The largest absolute Gasteiger partial charge is 0.375 e. The number of amides is 1. The first-order chi connectivity index (χ1) is 14.1. The van der Waals surface area contributed by atoms with Gasteiger partial charge in [0.1, 0.15) is 0 Å². The molecule has 3 aromatic rings. The summed E-state index contributed by atoms with van der Waals surface area (Å²) in [6.45, 7) is 3.67. The fraction of sp³-hybridized carbons (Fsp3) is 0.240. The van der Waals surface area contributed by atoms with Crippen LogP contribution in [0.5, 0.6) is 0 Å². The van der Waals surface area contributed by atoms with Crippen molar-refractivity contribution in [3.63, 3.8) is 0 Å². The molecule has 29 heavy (non-hydrogen) atoms. The lowest BCUT2D eigenvalue weighted by atomic mass is 10.1. The van der Waals surface area contributed by atoms with E-state index in [-0.39, 0.29) is 5.91 Å². The van der Waals surface area contributed by atoms with E-state index < -0.39 is 0 Å². The summed E-state index contributed by atoms with van der Waals surface area (Å²) in [6.07, 6.45) is 0.905. The van der Waals surface area contributed by atoms with Gasteiger partial charge in [-0.2, -0.15) is 0 Å². The zero-order chi connectivity index (χ0) is 20.5. The Labute approximate surface area is 178 Å². The van der Waals surface area contributed by atoms with Crippen molar-refractivity contribution >= 4 is 23.4 Å². The minimum Gasteiger partial charge on any atom is -0.375 e. The average molecular weight is 405 g/mol. The van der Waals surface area contributed by atoms with Crippen LogP contribution in [0.3, 0.4) is 0 Å². The minimum absolute atomic E-state index is 0.00916. The van der Waals surface area contributed by atoms with E-state index in [1.807, 2.05) is 54.2 Å². The average Bonchev–Trinajstić information content (AvgIpc) is 2.77. The Bertz CT molecular complexity index is 892. The van der Waals surface area contributed by atoms with Crippen LogP contribution >= 0.6 is 11.8 Å². The number of nitrogens with one attached hydrogen (secondary N) is 1. The second-order valence-corrected chi connectivity index (χ2v) is 8.21. The molecule has 0 fully saturated rings. The highest BCUT2D eigenvalue weighted by atomic mass is 32.2. The van der Waals surface area contributed by atoms with Gasteiger partial charge in [0.15, 0.2) is 0 Å². The zero-order valence-corrected chi connectivity index (χ0v) is 17.9. The molecule has 0 spiro atoms. The topological polar surface area (TPSA) is 32.3 Å². The van der Waals surface area contributed by atoms with E-state index in [4.69, 9.17) is 0 Å². The number of para-hydroxylation sites is 1. The maximum Gasteiger partial charge on any atom is 0.251 e. The van der Waals surface area contributed by atoms with Gasteiger partial charge in [0.2, 0.25) is 0 Å². The monoisotopic (exact) mass is 404 g/mol. The van der Waals surface area contributed by atoms with Gasteiger partial charge in [-0.1, -0.05) is 48.0 Å². The third-order valence-electron chi connectivity index (χ3n) is 4.80. The molecule has 0 saturated heterocycles. The summed E-state index contributed by atoms with van der Waals surface area (Å²) in [7, 11) is 2.07. The standard InChI is InChI=1S/C25H28N2OS/c1-20-9-15-24(16-10-20)29-19-21-11-13-22(14-12-21)25(28)26-17-6-18-27(2)23-7-4-3-5-8-23/h3-5,7-16H,6,17-19H2,1-2H3,(H,26,28). The van der Waals surface area contributed by atoms with Gasteiger partial charge < -0.3 is 10.2 Å². The first-order valence-electron chi connectivity index (χ1n) is 9.94. The molecule has 0 radical (unpaired) electrons. The van der Waals surface area contributed by atoms with E-state index in [2.05, 4.69) is 60.6 Å². The molecule has 3 rings (SSSR count). The molecule has 0 unspecified atom stereocenters. The number of hydrogen-bond donors (Lipinski definition) is 1. The second kappa shape index (κ2) is 10.7. The predicted molar refractivity (Wildman–Crippen MR) is 124 cm³/mol. The number of carbonyl (C=O) groups is 1. The molecule has 0 bridgehead atoms. The maximum atomic E-state index is 12.4. The van der Waals surface area contributed by atoms with E-state index in [0.29, 0.717) is 12.1 Å². The van der Waals surface area contributed by atoms with Crippen molar-refractivity contribution < 1.29 is 4.79 Å². The van der Waals surface area contributed by atoms with E-state index in [1.165, 1.54) is 21.7 Å². The Morgan fingerprint density at radius 3 is 2.31 bits per heavy atom. The number of rotatable bonds is 9. The summed E-state index contributed by atoms with van der Waals surface area (Å²) in [5, 5.41) is 3.02. The van der Waals surface area contributed by atoms with Crippen LogP contribution in [-0.2, 0) is 5.75 Å². The quantitative estimate of drug-likeness (QED) is 0.375. The van der Waals surface area contributed by atoms with Gasteiger partial charge in [0.25, 0.3) is 5.91 Å². The van der Waals surface area contributed by atoms with Crippen LogP contribution in [-0.4, -0.2) is 26.0 Å². The van der Waals surface area contributed by atoms with Gasteiger partial charge in [-0.3, -0.25) is 4.79 Å². The van der Waals surface area contributed by atoms with Crippen LogP contribution < -0.4 is 10.2 Å². The lowest BCUT2D eigenvalue weighted by Gasteiger charge is -2.19. The van der Waals surface area contributed by atoms with Gasteiger partial charge in [0, 0.05) is 42.0 Å². The van der Waals surface area contributed by atoms with Crippen molar-refractivity contribution in [1.29, 1.82) is 0 Å².